The largest absolute Gasteiger partial charge is 0.394 e. The highest BCUT2D eigenvalue weighted by Crippen LogP contribution is 2.26. The third-order valence-corrected chi connectivity index (χ3v) is 2.63. The van der Waals surface area contributed by atoms with E-state index in [1.807, 2.05) is 26.0 Å². The summed E-state index contributed by atoms with van der Waals surface area (Å²) in [6.45, 7) is 3.88. The van der Waals surface area contributed by atoms with Gasteiger partial charge < -0.3 is 10.8 Å². The van der Waals surface area contributed by atoms with Crippen LogP contribution in [0.15, 0.2) is 12.1 Å². The molecule has 0 radical (unpaired) electrons. The minimum atomic E-state index is -0.382. The summed E-state index contributed by atoms with van der Waals surface area (Å²) in [7, 11) is 0. The Bertz CT molecular complexity index is 312. The number of hydrogen-bond acceptors (Lipinski definition) is 2. The van der Waals surface area contributed by atoms with E-state index < -0.39 is 0 Å². The standard InChI is InChI=1S/C10H14ClNO/c1-6-3-4-8(11)10(7(6)2)9(12)5-13/h3-4,9,13H,5,12H2,1-2H3. The van der Waals surface area contributed by atoms with Gasteiger partial charge in [-0.3, -0.25) is 0 Å². The van der Waals surface area contributed by atoms with Crippen LogP contribution in [0.5, 0.6) is 0 Å². The lowest BCUT2D eigenvalue weighted by molar-refractivity contribution is 0.267. The van der Waals surface area contributed by atoms with Gasteiger partial charge in [0.2, 0.25) is 0 Å². The van der Waals surface area contributed by atoms with Crippen LogP contribution < -0.4 is 5.73 Å². The summed E-state index contributed by atoms with van der Waals surface area (Å²) in [6, 6.07) is 3.38. The topological polar surface area (TPSA) is 46.2 Å². The molecule has 0 amide bonds. The maximum absolute atomic E-state index is 8.94. The monoisotopic (exact) mass is 199 g/mol. The second kappa shape index (κ2) is 4.09. The maximum Gasteiger partial charge on any atom is 0.0625 e. The first-order valence-electron chi connectivity index (χ1n) is 4.20. The summed E-state index contributed by atoms with van der Waals surface area (Å²) in [6.07, 6.45) is 0. The van der Waals surface area contributed by atoms with Gasteiger partial charge in [-0.05, 0) is 36.6 Å². The van der Waals surface area contributed by atoms with Gasteiger partial charge in [0.1, 0.15) is 0 Å². The Morgan fingerprint density at radius 3 is 2.62 bits per heavy atom. The first-order valence-corrected chi connectivity index (χ1v) is 4.57. The third kappa shape index (κ3) is 2.02. The van der Waals surface area contributed by atoms with E-state index in [9.17, 15) is 0 Å². The fourth-order valence-electron chi connectivity index (χ4n) is 1.35. The normalized spacial score (nSPS) is 13.0. The van der Waals surface area contributed by atoms with Crippen LogP contribution in [0.2, 0.25) is 5.02 Å². The summed E-state index contributed by atoms with van der Waals surface area (Å²) in [4.78, 5) is 0. The molecule has 0 heterocycles. The molecule has 0 saturated heterocycles. The van der Waals surface area contributed by atoms with E-state index in [1.54, 1.807) is 0 Å². The number of aryl methyl sites for hydroxylation is 1. The molecule has 0 bridgehead atoms. The van der Waals surface area contributed by atoms with Gasteiger partial charge in [-0.1, -0.05) is 17.7 Å². The molecule has 0 aliphatic heterocycles. The zero-order valence-electron chi connectivity index (χ0n) is 7.84. The molecule has 1 unspecified atom stereocenters. The molecule has 72 valence electrons. The summed E-state index contributed by atoms with van der Waals surface area (Å²) in [5, 5.41) is 9.57. The highest BCUT2D eigenvalue weighted by molar-refractivity contribution is 6.31. The molecule has 1 aromatic carbocycles. The zero-order valence-corrected chi connectivity index (χ0v) is 8.60. The molecule has 0 aliphatic rings. The summed E-state index contributed by atoms with van der Waals surface area (Å²) in [5.74, 6) is 0. The van der Waals surface area contributed by atoms with Gasteiger partial charge in [-0.2, -0.15) is 0 Å². The van der Waals surface area contributed by atoms with Crippen molar-refractivity contribution in [3.8, 4) is 0 Å². The second-order valence-electron chi connectivity index (χ2n) is 3.19. The zero-order chi connectivity index (χ0) is 10.0. The van der Waals surface area contributed by atoms with Crippen LogP contribution in [-0.4, -0.2) is 11.7 Å². The van der Waals surface area contributed by atoms with Gasteiger partial charge in [0.05, 0.1) is 12.6 Å². The number of halogens is 1. The number of rotatable bonds is 2. The first kappa shape index (κ1) is 10.5. The van der Waals surface area contributed by atoms with Crippen LogP contribution in [0, 0.1) is 13.8 Å². The van der Waals surface area contributed by atoms with Gasteiger partial charge in [-0.15, -0.1) is 0 Å². The molecule has 0 saturated carbocycles. The SMILES string of the molecule is Cc1ccc(Cl)c(C(N)CO)c1C. The fourth-order valence-corrected chi connectivity index (χ4v) is 1.70. The number of benzene rings is 1. The molecule has 0 fully saturated rings. The van der Waals surface area contributed by atoms with Crippen LogP contribution in [0.4, 0.5) is 0 Å². The van der Waals surface area contributed by atoms with Crippen molar-refractivity contribution in [3.63, 3.8) is 0 Å². The van der Waals surface area contributed by atoms with E-state index in [0.29, 0.717) is 5.02 Å². The van der Waals surface area contributed by atoms with Gasteiger partial charge in [-0.25, -0.2) is 0 Å². The maximum atomic E-state index is 8.94. The van der Waals surface area contributed by atoms with E-state index in [0.717, 1.165) is 16.7 Å². The lowest BCUT2D eigenvalue weighted by atomic mass is 9.98. The van der Waals surface area contributed by atoms with Crippen LogP contribution in [-0.2, 0) is 0 Å². The second-order valence-corrected chi connectivity index (χ2v) is 3.60. The summed E-state index contributed by atoms with van der Waals surface area (Å²) < 4.78 is 0. The minimum absolute atomic E-state index is 0.0794. The number of hydrogen-bond donors (Lipinski definition) is 2. The van der Waals surface area contributed by atoms with E-state index in [1.165, 1.54) is 0 Å². The van der Waals surface area contributed by atoms with Crippen LogP contribution in [0.3, 0.4) is 0 Å². The van der Waals surface area contributed by atoms with Crippen molar-refractivity contribution in [2.24, 2.45) is 5.73 Å². The van der Waals surface area contributed by atoms with Crippen molar-refractivity contribution in [1.29, 1.82) is 0 Å². The van der Waals surface area contributed by atoms with Gasteiger partial charge in [0, 0.05) is 5.02 Å². The average Bonchev–Trinajstić information content (AvgIpc) is 2.12. The quantitative estimate of drug-likeness (QED) is 0.765. The minimum Gasteiger partial charge on any atom is -0.394 e. The van der Waals surface area contributed by atoms with Crippen molar-refractivity contribution < 1.29 is 5.11 Å². The molecular weight excluding hydrogens is 186 g/mol. The highest BCUT2D eigenvalue weighted by Gasteiger charge is 2.12. The molecule has 0 aliphatic carbocycles. The fraction of sp³-hybridized carbons (Fsp3) is 0.400. The molecular formula is C10H14ClNO. The summed E-state index contributed by atoms with van der Waals surface area (Å²) in [5.41, 5.74) is 8.79. The van der Waals surface area contributed by atoms with E-state index in [4.69, 9.17) is 22.4 Å². The molecule has 0 spiro atoms. The van der Waals surface area contributed by atoms with Crippen molar-refractivity contribution in [2.75, 3.05) is 6.61 Å². The van der Waals surface area contributed by atoms with Crippen molar-refractivity contribution in [1.82, 2.24) is 0 Å². The predicted molar refractivity (Wildman–Crippen MR) is 54.9 cm³/mol. The lowest BCUT2D eigenvalue weighted by Gasteiger charge is -2.15. The third-order valence-electron chi connectivity index (χ3n) is 2.30. The highest BCUT2D eigenvalue weighted by atomic mass is 35.5. The molecule has 13 heavy (non-hydrogen) atoms. The van der Waals surface area contributed by atoms with Gasteiger partial charge in [0.15, 0.2) is 0 Å². The Morgan fingerprint density at radius 2 is 2.08 bits per heavy atom. The van der Waals surface area contributed by atoms with Crippen LogP contribution in [0.1, 0.15) is 22.7 Å². The Morgan fingerprint density at radius 1 is 1.46 bits per heavy atom. The van der Waals surface area contributed by atoms with Gasteiger partial charge >= 0.3 is 0 Å². The van der Waals surface area contributed by atoms with Gasteiger partial charge in [0.25, 0.3) is 0 Å². The molecule has 1 aromatic rings. The number of aliphatic hydroxyl groups is 1. The first-order chi connectivity index (χ1) is 6.07. The number of aliphatic hydroxyl groups excluding tert-OH is 1. The van der Waals surface area contributed by atoms with Crippen molar-refractivity contribution in [2.45, 2.75) is 19.9 Å². The van der Waals surface area contributed by atoms with Crippen molar-refractivity contribution in [3.05, 3.63) is 33.8 Å². The van der Waals surface area contributed by atoms with Crippen LogP contribution in [0.25, 0.3) is 0 Å². The molecule has 1 rings (SSSR count). The Labute approximate surface area is 83.3 Å². The molecule has 1 atom stereocenters. The van der Waals surface area contributed by atoms with E-state index >= 15 is 0 Å². The predicted octanol–water partition coefficient (Wildman–Crippen LogP) is 1.95. The molecule has 3 N–H and O–H groups in total. The Hall–Kier alpha value is -0.570. The van der Waals surface area contributed by atoms with E-state index in [2.05, 4.69) is 0 Å². The average molecular weight is 200 g/mol. The molecule has 3 heteroatoms. The summed E-state index contributed by atoms with van der Waals surface area (Å²) >= 11 is 5.98. The smallest absolute Gasteiger partial charge is 0.0625 e. The van der Waals surface area contributed by atoms with E-state index in [-0.39, 0.29) is 12.6 Å². The Balaban J connectivity index is 3.25. The van der Waals surface area contributed by atoms with Crippen LogP contribution >= 0.6 is 11.6 Å². The number of nitrogens with two attached hydrogens (primary N) is 1. The molecule has 0 aromatic heterocycles. The lowest BCUT2D eigenvalue weighted by Crippen LogP contribution is -2.16. The molecule has 2 nitrogen and oxygen atoms in total. The Kier molecular flexibility index (Phi) is 3.31. The van der Waals surface area contributed by atoms with Crippen molar-refractivity contribution >= 4 is 11.6 Å².